The molecule has 25 aromatic rings. The monoisotopic (exact) mass is 1920 g/mol. The minimum absolute atomic E-state index is 0.666. The van der Waals surface area contributed by atoms with Crippen molar-refractivity contribution >= 4 is 0 Å². The number of rotatable bonds is 22. The molecule has 0 spiro atoms. The number of nitrogens with zero attached hydrogens (tertiary/aromatic N) is 15. The molecule has 0 saturated heterocycles. The molecular formula is C135H91N15. The van der Waals surface area contributed by atoms with Crippen molar-refractivity contribution in [3.63, 3.8) is 0 Å². The van der Waals surface area contributed by atoms with Crippen molar-refractivity contribution in [1.29, 1.82) is 0 Å². The summed E-state index contributed by atoms with van der Waals surface area (Å²) in [6, 6.07) is 175. The first-order valence-corrected chi connectivity index (χ1v) is 49.6. The van der Waals surface area contributed by atoms with Gasteiger partial charge in [-0.3, -0.25) is 29.9 Å². The van der Waals surface area contributed by atoms with Crippen molar-refractivity contribution in [3.05, 3.63) is 553 Å². The fourth-order valence-corrected chi connectivity index (χ4v) is 18.0. The number of hydrogen-bond donors (Lipinski definition) is 0. The molecule has 0 saturated carbocycles. The zero-order chi connectivity index (χ0) is 100. The van der Waals surface area contributed by atoms with E-state index in [1.54, 1.807) is 12.4 Å². The van der Waals surface area contributed by atoms with Crippen molar-refractivity contribution in [2.24, 2.45) is 0 Å². The molecule has 706 valence electrons. The molecule has 0 aliphatic heterocycles. The van der Waals surface area contributed by atoms with Gasteiger partial charge in [-0.05, 0) is 200 Å². The highest BCUT2D eigenvalue weighted by atomic mass is 14.9. The van der Waals surface area contributed by atoms with Gasteiger partial charge in [-0.15, -0.1) is 0 Å². The zero-order valence-corrected chi connectivity index (χ0v) is 81.2. The topological polar surface area (TPSA) is 193 Å². The highest BCUT2D eigenvalue weighted by molar-refractivity contribution is 5.85. The van der Waals surface area contributed by atoms with Crippen molar-refractivity contribution in [2.75, 3.05) is 0 Å². The second kappa shape index (κ2) is 44.1. The summed E-state index contributed by atoms with van der Waals surface area (Å²) in [6.07, 6.45) is 11.1. The van der Waals surface area contributed by atoms with Gasteiger partial charge in [0, 0.05) is 92.8 Å². The molecule has 0 N–H and O–H groups in total. The van der Waals surface area contributed by atoms with E-state index in [1.165, 1.54) is 27.8 Å². The zero-order valence-electron chi connectivity index (χ0n) is 81.2. The first kappa shape index (κ1) is 93.1. The van der Waals surface area contributed by atoms with Crippen LogP contribution < -0.4 is 0 Å². The van der Waals surface area contributed by atoms with Crippen molar-refractivity contribution in [2.45, 2.75) is 0 Å². The van der Waals surface area contributed by atoms with E-state index >= 15 is 0 Å². The normalized spacial score (nSPS) is 10.9. The fourth-order valence-electron chi connectivity index (χ4n) is 18.0. The van der Waals surface area contributed by atoms with Gasteiger partial charge in [0.25, 0.3) is 0 Å². The second-order valence-corrected chi connectivity index (χ2v) is 35.8. The van der Waals surface area contributed by atoms with E-state index in [0.29, 0.717) is 17.5 Å². The lowest BCUT2D eigenvalue weighted by atomic mass is 9.98. The summed E-state index contributed by atoms with van der Waals surface area (Å²) < 4.78 is 0. The van der Waals surface area contributed by atoms with Gasteiger partial charge in [0.2, 0.25) is 0 Å². The standard InChI is InChI=1S/C49H33N5.2C43H29N5/c1-5-13-34(14-6-1)36-21-23-37(24-22-36)42-29-47(43-27-25-40(32-50-43)35-15-7-2-8-16-35)52-48(30-42)44-28-26-41(33-51-44)46-31-45(38-17-9-3-10-18-38)53-49(54-46)39-19-11-4-12-20-39;1-4-13-30(14-5-1)33-19-12-20-34(25-33)36-26-41(37-21-10-11-24-44-37)46-42(27-36)38-23-22-35(29-45-38)40-28-39(31-15-6-2-7-16-31)47-43(48-40)32-17-8-3-9-18-32;1-4-12-30(13-5-1)31-19-21-32(22-20-31)36-26-41(37-18-10-11-25-44-37)46-42(27-36)38-24-23-35(29-45-38)40-28-39(33-14-6-2-7-15-33)47-43(48-40)34-16-8-3-9-17-34/h1-33H;2*1-29H. The average Bonchev–Trinajstić information content (AvgIpc) is 0.800. The van der Waals surface area contributed by atoms with Crippen LogP contribution in [0, 0.1) is 0 Å². The third-order valence-corrected chi connectivity index (χ3v) is 25.9. The van der Waals surface area contributed by atoms with E-state index in [-0.39, 0.29) is 0 Å². The van der Waals surface area contributed by atoms with Crippen molar-refractivity contribution < 1.29 is 0 Å². The summed E-state index contributed by atoms with van der Waals surface area (Å²) in [5.41, 5.74) is 38.5. The third-order valence-electron chi connectivity index (χ3n) is 25.9. The maximum atomic E-state index is 5.13. The predicted octanol–water partition coefficient (Wildman–Crippen LogP) is 32.7. The molecular weight excluding hydrogens is 1830 g/mol. The molecule has 15 nitrogen and oxygen atoms in total. The van der Waals surface area contributed by atoms with Crippen LogP contribution in [-0.4, -0.2) is 74.8 Å². The summed E-state index contributed by atoms with van der Waals surface area (Å²) in [7, 11) is 0. The van der Waals surface area contributed by atoms with E-state index in [2.05, 4.69) is 265 Å². The van der Waals surface area contributed by atoms with Gasteiger partial charge in [0.05, 0.1) is 102 Å². The second-order valence-electron chi connectivity index (χ2n) is 35.8. The Morgan fingerprint density at radius 1 is 0.0867 bits per heavy atom. The Hall–Kier alpha value is -20.6. The SMILES string of the molecule is c1ccc(-c2ccc(-c3cc(-c4ccc(-c5ccccc5)cn4)nc(-c4ccc(-c5cc(-c6ccccc6)nc(-c6ccccc6)n5)cn4)c3)cc2)cc1.c1ccc(-c2ccc(-c3cc(-c4ccccn4)nc(-c4ccc(-c5cc(-c6ccccc6)nc(-c6ccccc6)n5)cn4)c3)cc2)cc1.c1ccc(-c2cccc(-c3cc(-c4ccccn4)nc(-c4ccc(-c5cc(-c6ccccc6)nc(-c6ccccc6)n5)cn4)c3)c2)cc1. The lowest BCUT2D eigenvalue weighted by Gasteiger charge is -2.12. The Labute approximate surface area is 869 Å². The summed E-state index contributed by atoms with van der Waals surface area (Å²) in [5, 5.41) is 0. The molecule has 150 heavy (non-hydrogen) atoms. The van der Waals surface area contributed by atoms with Crippen LogP contribution in [0.15, 0.2) is 553 Å². The van der Waals surface area contributed by atoms with E-state index in [4.69, 9.17) is 64.8 Å². The molecule has 15 heteroatoms. The maximum Gasteiger partial charge on any atom is 0.160 e. The van der Waals surface area contributed by atoms with Gasteiger partial charge in [-0.1, -0.05) is 388 Å². The molecule has 12 heterocycles. The lowest BCUT2D eigenvalue weighted by Crippen LogP contribution is -1.97. The molecule has 0 fully saturated rings. The Kier molecular flexibility index (Phi) is 27.4. The number of benzene rings is 13. The molecule has 0 bridgehead atoms. The van der Waals surface area contributed by atoms with Crippen LogP contribution in [0.25, 0.3) is 248 Å². The Bertz CT molecular complexity index is 8630. The molecule has 0 atom stereocenters. The summed E-state index contributed by atoms with van der Waals surface area (Å²) in [5.74, 6) is 2.01. The minimum atomic E-state index is 0.666. The van der Waals surface area contributed by atoms with Crippen LogP contribution in [0.3, 0.4) is 0 Å². The first-order valence-electron chi connectivity index (χ1n) is 49.6. The largest absolute Gasteiger partial charge is 0.255 e. The maximum absolute atomic E-state index is 5.13. The van der Waals surface area contributed by atoms with E-state index in [1.807, 2.05) is 286 Å². The van der Waals surface area contributed by atoms with E-state index < -0.39 is 0 Å². The first-order chi connectivity index (χ1) is 74.3. The Balaban J connectivity index is 0.000000124. The van der Waals surface area contributed by atoms with Crippen LogP contribution in [0.4, 0.5) is 0 Å². The van der Waals surface area contributed by atoms with Gasteiger partial charge in [-0.25, -0.2) is 44.9 Å². The summed E-state index contributed by atoms with van der Waals surface area (Å²) >= 11 is 0. The number of hydrogen-bond acceptors (Lipinski definition) is 15. The van der Waals surface area contributed by atoms with Gasteiger partial charge in [0.1, 0.15) is 0 Å². The lowest BCUT2D eigenvalue weighted by molar-refractivity contribution is 1.17. The van der Waals surface area contributed by atoms with Gasteiger partial charge in [-0.2, -0.15) is 0 Å². The number of aromatic nitrogens is 15. The van der Waals surface area contributed by atoms with E-state index in [9.17, 15) is 0 Å². The van der Waals surface area contributed by atoms with Crippen LogP contribution in [-0.2, 0) is 0 Å². The third kappa shape index (κ3) is 21.8. The van der Waals surface area contributed by atoms with E-state index in [0.717, 1.165) is 203 Å². The van der Waals surface area contributed by atoms with Gasteiger partial charge >= 0.3 is 0 Å². The molecule has 13 aromatic carbocycles. The van der Waals surface area contributed by atoms with Crippen LogP contribution >= 0.6 is 0 Å². The molecule has 0 unspecified atom stereocenters. The van der Waals surface area contributed by atoms with Crippen LogP contribution in [0.5, 0.6) is 0 Å². The molecule has 12 aromatic heterocycles. The number of pyridine rings is 9. The van der Waals surface area contributed by atoms with Gasteiger partial charge < -0.3 is 0 Å². The summed E-state index contributed by atoms with van der Waals surface area (Å²) in [4.78, 5) is 73.8. The Morgan fingerprint density at radius 2 is 0.273 bits per heavy atom. The molecule has 0 radical (unpaired) electrons. The summed E-state index contributed by atoms with van der Waals surface area (Å²) in [6.45, 7) is 0. The van der Waals surface area contributed by atoms with Crippen LogP contribution in [0.1, 0.15) is 0 Å². The smallest absolute Gasteiger partial charge is 0.160 e. The minimum Gasteiger partial charge on any atom is -0.255 e. The molecule has 0 aliphatic carbocycles. The van der Waals surface area contributed by atoms with Gasteiger partial charge in [0.15, 0.2) is 17.5 Å². The Morgan fingerprint density at radius 3 is 0.527 bits per heavy atom. The quantitative estimate of drug-likeness (QED) is 0.0621. The average molecular weight is 1920 g/mol. The molecule has 0 aliphatic rings. The molecule has 25 rings (SSSR count). The fraction of sp³-hybridized carbons (Fsp3) is 0. The van der Waals surface area contributed by atoms with Crippen molar-refractivity contribution in [3.8, 4) is 248 Å². The molecule has 0 amide bonds. The highest BCUT2D eigenvalue weighted by Crippen LogP contribution is 2.40. The highest BCUT2D eigenvalue weighted by Gasteiger charge is 2.22. The van der Waals surface area contributed by atoms with Crippen molar-refractivity contribution in [1.82, 2.24) is 74.8 Å². The predicted molar refractivity (Wildman–Crippen MR) is 606 cm³/mol. The van der Waals surface area contributed by atoms with Crippen LogP contribution in [0.2, 0.25) is 0 Å².